The molecule has 1 saturated heterocycles. The lowest BCUT2D eigenvalue weighted by Crippen LogP contribution is -2.42. The third-order valence-electron chi connectivity index (χ3n) is 4.80. The van der Waals surface area contributed by atoms with E-state index in [2.05, 4.69) is 26.1 Å². The van der Waals surface area contributed by atoms with E-state index in [-0.39, 0.29) is 0 Å². The summed E-state index contributed by atoms with van der Waals surface area (Å²) < 4.78 is 11.7. The molecule has 2 fully saturated rings. The van der Waals surface area contributed by atoms with Crippen LogP contribution in [0.15, 0.2) is 0 Å². The van der Waals surface area contributed by atoms with Crippen LogP contribution in [-0.4, -0.2) is 38.5 Å². The molecule has 0 spiro atoms. The molecule has 19 heavy (non-hydrogen) atoms. The molecule has 0 aromatic carbocycles. The minimum absolute atomic E-state index is 0.474. The van der Waals surface area contributed by atoms with E-state index in [0.717, 1.165) is 26.4 Å². The maximum atomic E-state index is 6.19. The summed E-state index contributed by atoms with van der Waals surface area (Å²) in [6, 6.07) is 0.474. The van der Waals surface area contributed by atoms with Crippen LogP contribution in [0.1, 0.15) is 52.9 Å². The quantitative estimate of drug-likeness (QED) is 0.804. The van der Waals surface area contributed by atoms with Gasteiger partial charge >= 0.3 is 0 Å². The Labute approximate surface area is 118 Å². The maximum absolute atomic E-state index is 6.19. The van der Waals surface area contributed by atoms with E-state index < -0.39 is 0 Å². The van der Waals surface area contributed by atoms with Crippen molar-refractivity contribution in [2.75, 3.05) is 26.4 Å². The van der Waals surface area contributed by atoms with Gasteiger partial charge in [0.25, 0.3) is 0 Å². The molecule has 1 heterocycles. The second-order valence-corrected chi connectivity index (χ2v) is 6.98. The SMILES string of the molecule is CCNC(COC1CCC(C)(C)CC1)C1CCOC1. The van der Waals surface area contributed by atoms with Crippen molar-refractivity contribution in [2.45, 2.75) is 65.0 Å². The van der Waals surface area contributed by atoms with Crippen LogP contribution in [0.3, 0.4) is 0 Å². The minimum atomic E-state index is 0.474. The van der Waals surface area contributed by atoms with Gasteiger partial charge in [0.2, 0.25) is 0 Å². The van der Waals surface area contributed by atoms with Crippen LogP contribution < -0.4 is 5.32 Å². The fourth-order valence-corrected chi connectivity index (χ4v) is 3.27. The summed E-state index contributed by atoms with van der Waals surface area (Å²) in [4.78, 5) is 0. The number of hydrogen-bond acceptors (Lipinski definition) is 3. The van der Waals surface area contributed by atoms with E-state index >= 15 is 0 Å². The second kappa shape index (κ2) is 7.05. The molecule has 0 radical (unpaired) electrons. The van der Waals surface area contributed by atoms with Crippen molar-refractivity contribution >= 4 is 0 Å². The van der Waals surface area contributed by atoms with Crippen LogP contribution in [-0.2, 0) is 9.47 Å². The van der Waals surface area contributed by atoms with E-state index in [0.29, 0.717) is 23.5 Å². The summed E-state index contributed by atoms with van der Waals surface area (Å²) in [6.45, 7) is 10.6. The molecule has 2 atom stereocenters. The first-order chi connectivity index (χ1) is 9.11. The van der Waals surface area contributed by atoms with Gasteiger partial charge in [-0.3, -0.25) is 0 Å². The topological polar surface area (TPSA) is 30.5 Å². The molecule has 0 amide bonds. The Hall–Kier alpha value is -0.120. The Morgan fingerprint density at radius 2 is 2.00 bits per heavy atom. The zero-order chi connectivity index (χ0) is 13.7. The molecule has 0 aromatic heterocycles. The molecule has 0 bridgehead atoms. The normalized spacial score (nSPS) is 29.5. The Bertz CT molecular complexity index is 251. The smallest absolute Gasteiger partial charge is 0.0626 e. The van der Waals surface area contributed by atoms with Crippen molar-refractivity contribution in [3.8, 4) is 0 Å². The standard InChI is InChI=1S/C16H31NO2/c1-4-17-15(13-7-10-18-11-13)12-19-14-5-8-16(2,3)9-6-14/h13-15,17H,4-12H2,1-3H3. The van der Waals surface area contributed by atoms with Crippen molar-refractivity contribution in [1.29, 1.82) is 0 Å². The molecule has 2 aliphatic rings. The molecule has 2 rings (SSSR count). The Kier molecular flexibility index (Phi) is 5.67. The van der Waals surface area contributed by atoms with Gasteiger partial charge in [-0.25, -0.2) is 0 Å². The maximum Gasteiger partial charge on any atom is 0.0626 e. The van der Waals surface area contributed by atoms with Gasteiger partial charge in [-0.05, 0) is 44.1 Å². The molecular weight excluding hydrogens is 238 g/mol. The largest absolute Gasteiger partial charge is 0.381 e. The first-order valence-electron chi connectivity index (χ1n) is 8.03. The zero-order valence-electron chi connectivity index (χ0n) is 12.9. The van der Waals surface area contributed by atoms with Crippen LogP contribution in [0.5, 0.6) is 0 Å². The Balaban J connectivity index is 1.72. The summed E-state index contributed by atoms with van der Waals surface area (Å²) in [5, 5.41) is 3.58. The number of rotatable bonds is 6. The molecule has 3 nitrogen and oxygen atoms in total. The second-order valence-electron chi connectivity index (χ2n) is 6.98. The van der Waals surface area contributed by atoms with Crippen molar-refractivity contribution in [3.63, 3.8) is 0 Å². The van der Waals surface area contributed by atoms with Gasteiger partial charge in [-0.1, -0.05) is 20.8 Å². The van der Waals surface area contributed by atoms with E-state index in [9.17, 15) is 0 Å². The molecule has 1 aliphatic heterocycles. The van der Waals surface area contributed by atoms with Crippen molar-refractivity contribution in [3.05, 3.63) is 0 Å². The van der Waals surface area contributed by atoms with Gasteiger partial charge < -0.3 is 14.8 Å². The van der Waals surface area contributed by atoms with Crippen LogP contribution in [0.2, 0.25) is 0 Å². The van der Waals surface area contributed by atoms with Gasteiger partial charge in [-0.2, -0.15) is 0 Å². The third kappa shape index (κ3) is 4.73. The van der Waals surface area contributed by atoms with Crippen molar-refractivity contribution in [2.24, 2.45) is 11.3 Å². The molecule has 112 valence electrons. The fraction of sp³-hybridized carbons (Fsp3) is 1.00. The highest BCUT2D eigenvalue weighted by Crippen LogP contribution is 2.36. The van der Waals surface area contributed by atoms with E-state index in [1.807, 2.05) is 0 Å². The van der Waals surface area contributed by atoms with Gasteiger partial charge in [0.05, 0.1) is 19.3 Å². The number of ether oxygens (including phenoxy) is 2. The average molecular weight is 269 g/mol. The lowest BCUT2D eigenvalue weighted by Gasteiger charge is -2.35. The van der Waals surface area contributed by atoms with Crippen LogP contribution >= 0.6 is 0 Å². The highest BCUT2D eigenvalue weighted by molar-refractivity contribution is 4.82. The van der Waals surface area contributed by atoms with Gasteiger partial charge in [-0.15, -0.1) is 0 Å². The van der Waals surface area contributed by atoms with Gasteiger partial charge in [0.15, 0.2) is 0 Å². The first kappa shape index (κ1) is 15.3. The van der Waals surface area contributed by atoms with Crippen LogP contribution in [0, 0.1) is 11.3 Å². The highest BCUT2D eigenvalue weighted by atomic mass is 16.5. The number of likely N-dealkylation sites (N-methyl/N-ethyl adjacent to an activating group) is 1. The molecule has 1 aliphatic carbocycles. The summed E-state index contributed by atoms with van der Waals surface area (Å²) in [7, 11) is 0. The predicted octanol–water partition coefficient (Wildman–Crippen LogP) is 2.99. The van der Waals surface area contributed by atoms with Crippen molar-refractivity contribution in [1.82, 2.24) is 5.32 Å². The van der Waals surface area contributed by atoms with E-state index in [4.69, 9.17) is 9.47 Å². The molecule has 3 heteroatoms. The molecule has 1 N–H and O–H groups in total. The highest BCUT2D eigenvalue weighted by Gasteiger charge is 2.29. The Morgan fingerprint density at radius 1 is 1.26 bits per heavy atom. The fourth-order valence-electron chi connectivity index (χ4n) is 3.27. The predicted molar refractivity (Wildman–Crippen MR) is 78.4 cm³/mol. The molecular formula is C16H31NO2. The van der Waals surface area contributed by atoms with Crippen molar-refractivity contribution < 1.29 is 9.47 Å². The van der Waals surface area contributed by atoms with Crippen LogP contribution in [0.4, 0.5) is 0 Å². The van der Waals surface area contributed by atoms with Gasteiger partial charge in [0, 0.05) is 18.6 Å². The third-order valence-corrected chi connectivity index (χ3v) is 4.80. The van der Waals surface area contributed by atoms with Crippen LogP contribution in [0.25, 0.3) is 0 Å². The van der Waals surface area contributed by atoms with E-state index in [1.165, 1.54) is 32.1 Å². The summed E-state index contributed by atoms with van der Waals surface area (Å²) in [6.07, 6.45) is 6.72. The zero-order valence-corrected chi connectivity index (χ0v) is 12.9. The van der Waals surface area contributed by atoms with E-state index in [1.54, 1.807) is 0 Å². The lowest BCUT2D eigenvalue weighted by molar-refractivity contribution is -0.0128. The number of hydrogen-bond donors (Lipinski definition) is 1. The summed E-state index contributed by atoms with van der Waals surface area (Å²) in [5.41, 5.74) is 0.528. The summed E-state index contributed by atoms with van der Waals surface area (Å²) in [5.74, 6) is 0.639. The Morgan fingerprint density at radius 3 is 2.58 bits per heavy atom. The monoisotopic (exact) mass is 269 g/mol. The first-order valence-corrected chi connectivity index (χ1v) is 8.03. The molecule has 1 saturated carbocycles. The molecule has 0 aromatic rings. The average Bonchev–Trinajstić information content (AvgIpc) is 2.89. The molecule has 2 unspecified atom stereocenters. The van der Waals surface area contributed by atoms with Gasteiger partial charge in [0.1, 0.15) is 0 Å². The summed E-state index contributed by atoms with van der Waals surface area (Å²) >= 11 is 0. The lowest BCUT2D eigenvalue weighted by atomic mass is 9.76. The number of nitrogens with one attached hydrogen (secondary N) is 1. The minimum Gasteiger partial charge on any atom is -0.381 e.